The molecule has 1 heterocycles. The molecule has 6 amide bonds. The van der Waals surface area contributed by atoms with Gasteiger partial charge < -0.3 is 46.6 Å². The molecule has 15 heteroatoms. The maximum absolute atomic E-state index is 15.2. The minimum atomic E-state index is -0.541. The predicted octanol–water partition coefficient (Wildman–Crippen LogP) is 5.12. The van der Waals surface area contributed by atoms with Crippen molar-refractivity contribution in [3.05, 3.63) is 215 Å². The lowest BCUT2D eigenvalue weighted by molar-refractivity contribution is -0.150. The first kappa shape index (κ1) is 56.7. The number of rotatable bonds is 20. The van der Waals surface area contributed by atoms with Crippen molar-refractivity contribution in [1.82, 2.24) is 29.4 Å². The van der Waals surface area contributed by atoms with Gasteiger partial charge in [-0.25, -0.2) is 0 Å². The van der Waals surface area contributed by atoms with Gasteiger partial charge in [-0.3, -0.25) is 28.8 Å². The van der Waals surface area contributed by atoms with Gasteiger partial charge in [0, 0.05) is 63.6 Å². The molecule has 77 heavy (non-hydrogen) atoms. The first-order chi connectivity index (χ1) is 37.6. The monoisotopic (exact) mass is 1040 g/mol. The van der Waals surface area contributed by atoms with Gasteiger partial charge in [0.2, 0.25) is 35.4 Å². The average Bonchev–Trinajstić information content (AvgIpc) is 3.47. The minimum Gasteiger partial charge on any atom is -0.332 e. The van der Waals surface area contributed by atoms with E-state index in [1.54, 1.807) is 0 Å². The van der Waals surface area contributed by atoms with Crippen molar-refractivity contribution in [3.8, 4) is 0 Å². The molecule has 6 aromatic rings. The fourth-order valence-corrected chi connectivity index (χ4v) is 9.92. The van der Waals surface area contributed by atoms with Crippen LogP contribution in [0.15, 0.2) is 182 Å². The van der Waals surface area contributed by atoms with E-state index < -0.39 is 92.5 Å². The van der Waals surface area contributed by atoms with E-state index in [0.29, 0.717) is 12.8 Å². The van der Waals surface area contributed by atoms with Crippen LogP contribution >= 0.6 is 0 Å². The van der Waals surface area contributed by atoms with E-state index in [1.165, 1.54) is 29.4 Å². The minimum absolute atomic E-state index is 0.00145. The van der Waals surface area contributed by atoms with E-state index in [1.807, 2.05) is 182 Å². The lowest BCUT2D eigenvalue weighted by Crippen LogP contribution is -2.55. The molecular formula is C62H73N9O6. The number of amides is 6. The molecule has 0 aromatic heterocycles. The normalized spacial score (nSPS) is 15.0. The molecule has 6 N–H and O–H groups in total. The Balaban J connectivity index is 1.35. The van der Waals surface area contributed by atoms with Crippen LogP contribution in [0.4, 0.5) is 0 Å². The fourth-order valence-electron chi connectivity index (χ4n) is 9.92. The second kappa shape index (κ2) is 29.4. The Kier molecular flexibility index (Phi) is 21.6. The quantitative estimate of drug-likeness (QED) is 0.0929. The Morgan fingerprint density at radius 2 is 0.468 bits per heavy atom. The molecular weight excluding hydrogens is 967 g/mol. The van der Waals surface area contributed by atoms with Crippen molar-refractivity contribution in [2.45, 2.75) is 30.6 Å². The summed E-state index contributed by atoms with van der Waals surface area (Å²) in [6.45, 7) is -1.96. The van der Waals surface area contributed by atoms with Crippen LogP contribution in [0.5, 0.6) is 0 Å². The molecule has 1 aliphatic heterocycles. The predicted molar refractivity (Wildman–Crippen MR) is 300 cm³/mol. The number of benzene rings is 6. The highest BCUT2D eigenvalue weighted by atomic mass is 16.2. The molecule has 7 rings (SSSR count). The zero-order valence-corrected chi connectivity index (χ0v) is 43.9. The molecule has 0 radical (unpaired) electrons. The zero-order valence-electron chi connectivity index (χ0n) is 43.9. The molecule has 0 spiro atoms. The SMILES string of the molecule is NCCCN1CC(=O)N(CC(c2ccccc2)c2ccccc2)CC(=O)N(CCN)CC(=O)N(CC(c2ccccc2)c2ccccc2)CC(=O)N(CCCN)CC(=O)N(CC(c2ccccc2)c2ccccc2)CC1=O. The van der Waals surface area contributed by atoms with Crippen molar-refractivity contribution >= 4 is 35.4 Å². The van der Waals surface area contributed by atoms with Crippen LogP contribution in [0.2, 0.25) is 0 Å². The third-order valence-electron chi connectivity index (χ3n) is 14.2. The zero-order chi connectivity index (χ0) is 54.4. The molecule has 402 valence electrons. The smallest absolute Gasteiger partial charge is 0.242 e. The van der Waals surface area contributed by atoms with Crippen LogP contribution < -0.4 is 17.2 Å². The molecule has 0 atom stereocenters. The lowest BCUT2D eigenvalue weighted by Gasteiger charge is -2.36. The average molecular weight is 1040 g/mol. The molecule has 1 aliphatic rings. The number of hydrogen-bond donors (Lipinski definition) is 3. The Labute approximate surface area is 453 Å². The maximum Gasteiger partial charge on any atom is 0.242 e. The Bertz CT molecular complexity index is 2590. The highest BCUT2D eigenvalue weighted by Crippen LogP contribution is 2.29. The Morgan fingerprint density at radius 1 is 0.273 bits per heavy atom. The second-order valence-corrected chi connectivity index (χ2v) is 19.5. The first-order valence-corrected chi connectivity index (χ1v) is 26.6. The summed E-state index contributed by atoms with van der Waals surface area (Å²) in [6.07, 6.45) is 0.692. The van der Waals surface area contributed by atoms with Gasteiger partial charge in [0.1, 0.15) is 0 Å². The largest absolute Gasteiger partial charge is 0.332 e. The van der Waals surface area contributed by atoms with E-state index in [-0.39, 0.29) is 58.9 Å². The van der Waals surface area contributed by atoms with Gasteiger partial charge in [-0.15, -0.1) is 0 Å². The number of carbonyl (C=O) groups is 6. The van der Waals surface area contributed by atoms with E-state index in [2.05, 4.69) is 0 Å². The summed E-state index contributed by atoms with van der Waals surface area (Å²) in [5.41, 5.74) is 23.7. The third-order valence-corrected chi connectivity index (χ3v) is 14.2. The first-order valence-electron chi connectivity index (χ1n) is 26.6. The van der Waals surface area contributed by atoms with E-state index in [4.69, 9.17) is 17.2 Å². The van der Waals surface area contributed by atoms with Crippen molar-refractivity contribution in [2.75, 3.05) is 98.2 Å². The molecule has 1 fully saturated rings. The Hall–Kier alpha value is -7.98. The lowest BCUT2D eigenvalue weighted by atomic mass is 9.90. The van der Waals surface area contributed by atoms with Crippen LogP contribution in [-0.2, 0) is 28.8 Å². The van der Waals surface area contributed by atoms with Crippen LogP contribution in [0.3, 0.4) is 0 Å². The molecule has 0 saturated carbocycles. The number of hydrogen-bond acceptors (Lipinski definition) is 9. The van der Waals surface area contributed by atoms with Crippen LogP contribution in [0.25, 0.3) is 0 Å². The summed E-state index contributed by atoms with van der Waals surface area (Å²) < 4.78 is 0. The summed E-state index contributed by atoms with van der Waals surface area (Å²) in [7, 11) is 0. The van der Waals surface area contributed by atoms with E-state index in [9.17, 15) is 4.79 Å². The summed E-state index contributed by atoms with van der Waals surface area (Å²) >= 11 is 0. The third kappa shape index (κ3) is 16.3. The summed E-state index contributed by atoms with van der Waals surface area (Å²) in [6, 6.07) is 58.1. The number of carbonyl (C=O) groups excluding carboxylic acids is 6. The van der Waals surface area contributed by atoms with E-state index >= 15 is 24.0 Å². The standard InChI is InChI=1S/C62H73N9O6/c63-33-19-36-66-42-60(75)69(39-54(48-21-7-1-8-22-48)49-23-9-2-10-24-49)45-57(72)67(37-20-34-64)43-61(76)71(41-56(52-29-15-5-16-30-52)53-31-17-6-18-32-53)47-59(74)68(38-35-65)44-62(77)70(46-58(66)73)40-55(50-25-11-3-12-26-50)51-27-13-4-14-28-51/h1-18,21-32,54-56H,19-20,33-47,63-65H2. The summed E-state index contributed by atoms with van der Waals surface area (Å²) in [5.74, 6) is -4.31. The topological polar surface area (TPSA) is 200 Å². The van der Waals surface area contributed by atoms with E-state index in [0.717, 1.165) is 33.4 Å². The van der Waals surface area contributed by atoms with Gasteiger partial charge in [0.15, 0.2) is 0 Å². The van der Waals surface area contributed by atoms with Gasteiger partial charge in [0.25, 0.3) is 0 Å². The van der Waals surface area contributed by atoms with Crippen molar-refractivity contribution in [2.24, 2.45) is 17.2 Å². The van der Waals surface area contributed by atoms with Gasteiger partial charge in [-0.2, -0.15) is 0 Å². The van der Waals surface area contributed by atoms with Crippen LogP contribution in [0.1, 0.15) is 64.0 Å². The molecule has 0 unspecified atom stereocenters. The number of nitrogens with two attached hydrogens (primary N) is 3. The van der Waals surface area contributed by atoms with Crippen molar-refractivity contribution < 1.29 is 28.8 Å². The Morgan fingerprint density at radius 3 is 0.675 bits per heavy atom. The fraction of sp³-hybridized carbons (Fsp3) is 0.323. The van der Waals surface area contributed by atoms with Gasteiger partial charge >= 0.3 is 0 Å². The van der Waals surface area contributed by atoms with Gasteiger partial charge in [-0.1, -0.05) is 182 Å². The second-order valence-electron chi connectivity index (χ2n) is 19.5. The molecule has 15 nitrogen and oxygen atoms in total. The van der Waals surface area contributed by atoms with Crippen LogP contribution in [-0.4, -0.2) is 163 Å². The van der Waals surface area contributed by atoms with Gasteiger partial charge in [0.05, 0.1) is 39.3 Å². The van der Waals surface area contributed by atoms with Crippen molar-refractivity contribution in [1.29, 1.82) is 0 Å². The molecule has 0 aliphatic carbocycles. The van der Waals surface area contributed by atoms with Crippen LogP contribution in [0, 0.1) is 0 Å². The maximum atomic E-state index is 15.2. The molecule has 1 saturated heterocycles. The van der Waals surface area contributed by atoms with Gasteiger partial charge in [-0.05, 0) is 59.3 Å². The molecule has 0 bridgehead atoms. The summed E-state index contributed by atoms with van der Waals surface area (Å²) in [4.78, 5) is 99.2. The number of nitrogens with zero attached hydrogens (tertiary/aromatic N) is 6. The van der Waals surface area contributed by atoms with Crippen molar-refractivity contribution in [3.63, 3.8) is 0 Å². The highest BCUT2D eigenvalue weighted by Gasteiger charge is 2.34. The highest BCUT2D eigenvalue weighted by molar-refractivity contribution is 5.94. The molecule has 6 aromatic carbocycles. The summed E-state index contributed by atoms with van der Waals surface area (Å²) in [5, 5.41) is 0.